The summed E-state index contributed by atoms with van der Waals surface area (Å²) in [5.74, 6) is 0. The van der Waals surface area contributed by atoms with E-state index in [1.54, 1.807) is 13.0 Å². The van der Waals surface area contributed by atoms with E-state index in [0.29, 0.717) is 0 Å². The predicted molar refractivity (Wildman–Crippen MR) is 48.3 cm³/mol. The van der Waals surface area contributed by atoms with Crippen molar-refractivity contribution in [1.82, 2.24) is 9.78 Å². The van der Waals surface area contributed by atoms with Gasteiger partial charge in [0.1, 0.15) is 0 Å². The molecule has 0 saturated heterocycles. The molecule has 0 aliphatic carbocycles. The summed E-state index contributed by atoms with van der Waals surface area (Å²) in [6.45, 7) is 2.06. The van der Waals surface area contributed by atoms with Gasteiger partial charge in [-0.05, 0) is 13.0 Å². The maximum absolute atomic E-state index is 11.2. The van der Waals surface area contributed by atoms with E-state index in [-0.39, 0.29) is 18.6 Å². The number of aliphatic hydroxyl groups is 1. The highest BCUT2D eigenvalue weighted by Gasteiger charge is 2.04. The highest BCUT2D eigenvalue weighted by molar-refractivity contribution is 4.97. The fraction of sp³-hybridized carbons (Fsp3) is 0.500. The molecule has 1 unspecified atom stereocenters. The van der Waals surface area contributed by atoms with Gasteiger partial charge in [0, 0.05) is 12.6 Å². The molecule has 5 heteroatoms. The Hall–Kier alpha value is -1.20. The van der Waals surface area contributed by atoms with Gasteiger partial charge in [-0.25, -0.2) is 4.68 Å². The fourth-order valence-corrected chi connectivity index (χ4v) is 0.956. The van der Waals surface area contributed by atoms with Crippen molar-refractivity contribution in [3.8, 4) is 0 Å². The van der Waals surface area contributed by atoms with Crippen LogP contribution in [0.4, 0.5) is 0 Å². The van der Waals surface area contributed by atoms with Crippen molar-refractivity contribution in [2.24, 2.45) is 5.73 Å². The summed E-state index contributed by atoms with van der Waals surface area (Å²) < 4.78 is 1.22. The molecule has 1 rings (SSSR count). The van der Waals surface area contributed by atoms with Crippen LogP contribution in [0.3, 0.4) is 0 Å². The van der Waals surface area contributed by atoms with Crippen molar-refractivity contribution in [2.45, 2.75) is 19.6 Å². The second-order valence-corrected chi connectivity index (χ2v) is 2.88. The molecular weight excluding hydrogens is 170 g/mol. The number of hydrogen-bond acceptors (Lipinski definition) is 4. The summed E-state index contributed by atoms with van der Waals surface area (Å²) in [6, 6.07) is 3.05. The minimum atomic E-state index is -0.716. The Morgan fingerprint density at radius 2 is 2.38 bits per heavy atom. The lowest BCUT2D eigenvalue weighted by Crippen LogP contribution is -2.32. The van der Waals surface area contributed by atoms with Crippen LogP contribution in [0.2, 0.25) is 0 Å². The van der Waals surface area contributed by atoms with Crippen LogP contribution in [0, 0.1) is 6.92 Å². The second-order valence-electron chi connectivity index (χ2n) is 2.88. The fourth-order valence-electron chi connectivity index (χ4n) is 0.956. The van der Waals surface area contributed by atoms with Crippen molar-refractivity contribution in [1.29, 1.82) is 0 Å². The predicted octanol–water partition coefficient (Wildman–Crippen LogP) is -1.13. The van der Waals surface area contributed by atoms with Gasteiger partial charge in [-0.2, -0.15) is 5.10 Å². The molecule has 0 bridgehead atoms. The standard InChI is InChI=1S/C8H13N3O2/c1-6-2-3-8(13)11(10-6)5-7(12)4-9/h2-3,7,12H,4-5,9H2,1H3. The van der Waals surface area contributed by atoms with Crippen LogP contribution in [0.1, 0.15) is 5.69 Å². The lowest BCUT2D eigenvalue weighted by molar-refractivity contribution is 0.155. The summed E-state index contributed by atoms with van der Waals surface area (Å²) in [7, 11) is 0. The zero-order chi connectivity index (χ0) is 9.84. The van der Waals surface area contributed by atoms with Gasteiger partial charge >= 0.3 is 0 Å². The van der Waals surface area contributed by atoms with Gasteiger partial charge < -0.3 is 10.8 Å². The number of rotatable bonds is 3. The molecule has 1 aromatic heterocycles. The highest BCUT2D eigenvalue weighted by atomic mass is 16.3. The van der Waals surface area contributed by atoms with Crippen LogP contribution >= 0.6 is 0 Å². The van der Waals surface area contributed by atoms with E-state index < -0.39 is 6.10 Å². The molecule has 0 aromatic carbocycles. The molecule has 0 spiro atoms. The zero-order valence-electron chi connectivity index (χ0n) is 7.47. The molecule has 1 aromatic rings. The lowest BCUT2D eigenvalue weighted by Gasteiger charge is -2.08. The third kappa shape index (κ3) is 2.64. The average molecular weight is 183 g/mol. The number of nitrogens with two attached hydrogens (primary N) is 1. The van der Waals surface area contributed by atoms with Crippen LogP contribution in [0.25, 0.3) is 0 Å². The molecule has 3 N–H and O–H groups in total. The Bertz CT molecular complexity index is 334. The molecule has 0 amide bonds. The van der Waals surface area contributed by atoms with E-state index in [4.69, 9.17) is 5.73 Å². The Kier molecular flexibility index (Phi) is 3.16. The third-order valence-corrected chi connectivity index (χ3v) is 1.66. The lowest BCUT2D eigenvalue weighted by atomic mass is 10.3. The molecule has 72 valence electrons. The summed E-state index contributed by atoms with van der Waals surface area (Å²) in [5.41, 5.74) is 5.73. The van der Waals surface area contributed by atoms with Gasteiger partial charge in [0.2, 0.25) is 0 Å². The van der Waals surface area contributed by atoms with E-state index in [1.165, 1.54) is 10.7 Å². The van der Waals surface area contributed by atoms with Crippen LogP contribution in [0.15, 0.2) is 16.9 Å². The summed E-state index contributed by atoms with van der Waals surface area (Å²) in [4.78, 5) is 11.2. The van der Waals surface area contributed by atoms with Crippen LogP contribution in [-0.2, 0) is 6.54 Å². The quantitative estimate of drug-likeness (QED) is 0.621. The molecule has 1 atom stereocenters. The topological polar surface area (TPSA) is 81.1 Å². The number of hydrogen-bond donors (Lipinski definition) is 2. The number of aryl methyl sites for hydroxylation is 1. The zero-order valence-corrected chi connectivity index (χ0v) is 7.47. The Labute approximate surface area is 75.8 Å². The molecule has 1 heterocycles. The van der Waals surface area contributed by atoms with E-state index in [0.717, 1.165) is 5.69 Å². The minimum absolute atomic E-state index is 0.127. The average Bonchev–Trinajstić information content (AvgIpc) is 2.11. The van der Waals surface area contributed by atoms with Crippen LogP contribution in [0.5, 0.6) is 0 Å². The number of nitrogens with zero attached hydrogens (tertiary/aromatic N) is 2. The van der Waals surface area contributed by atoms with Crippen molar-refractivity contribution < 1.29 is 5.11 Å². The van der Waals surface area contributed by atoms with Crippen molar-refractivity contribution in [2.75, 3.05) is 6.54 Å². The maximum Gasteiger partial charge on any atom is 0.266 e. The van der Waals surface area contributed by atoms with Gasteiger partial charge in [-0.3, -0.25) is 4.79 Å². The Morgan fingerprint density at radius 1 is 1.69 bits per heavy atom. The molecule has 0 aliphatic heterocycles. The molecule has 0 fully saturated rings. The molecule has 0 aliphatic rings. The molecule has 0 saturated carbocycles. The van der Waals surface area contributed by atoms with Crippen molar-refractivity contribution in [3.63, 3.8) is 0 Å². The first kappa shape index (κ1) is 9.88. The van der Waals surface area contributed by atoms with E-state index >= 15 is 0 Å². The number of aromatic nitrogens is 2. The smallest absolute Gasteiger partial charge is 0.266 e. The molecule has 5 nitrogen and oxygen atoms in total. The number of aliphatic hydroxyl groups excluding tert-OH is 1. The highest BCUT2D eigenvalue weighted by Crippen LogP contribution is 1.88. The molecular formula is C8H13N3O2. The maximum atomic E-state index is 11.2. The van der Waals surface area contributed by atoms with Gasteiger partial charge in [0.05, 0.1) is 18.3 Å². The summed E-state index contributed by atoms with van der Waals surface area (Å²) >= 11 is 0. The van der Waals surface area contributed by atoms with E-state index in [9.17, 15) is 9.90 Å². The summed E-state index contributed by atoms with van der Waals surface area (Å²) in [6.07, 6.45) is -0.716. The van der Waals surface area contributed by atoms with Crippen LogP contribution in [-0.4, -0.2) is 27.5 Å². The third-order valence-electron chi connectivity index (χ3n) is 1.66. The first-order valence-electron chi connectivity index (χ1n) is 4.06. The van der Waals surface area contributed by atoms with Crippen molar-refractivity contribution in [3.05, 3.63) is 28.2 Å². The largest absolute Gasteiger partial charge is 0.390 e. The summed E-state index contributed by atoms with van der Waals surface area (Å²) in [5, 5.41) is 13.2. The SMILES string of the molecule is Cc1ccc(=O)n(CC(O)CN)n1. The van der Waals surface area contributed by atoms with Gasteiger partial charge in [-0.1, -0.05) is 0 Å². The molecule has 0 radical (unpaired) electrons. The Morgan fingerprint density at radius 3 is 3.00 bits per heavy atom. The van der Waals surface area contributed by atoms with E-state index in [1.807, 2.05) is 0 Å². The van der Waals surface area contributed by atoms with Gasteiger partial charge in [-0.15, -0.1) is 0 Å². The van der Waals surface area contributed by atoms with E-state index in [2.05, 4.69) is 5.10 Å². The monoisotopic (exact) mass is 183 g/mol. The second kappa shape index (κ2) is 4.15. The first-order valence-corrected chi connectivity index (χ1v) is 4.06. The van der Waals surface area contributed by atoms with Gasteiger partial charge in [0.25, 0.3) is 5.56 Å². The van der Waals surface area contributed by atoms with Crippen molar-refractivity contribution >= 4 is 0 Å². The minimum Gasteiger partial charge on any atom is -0.390 e. The van der Waals surface area contributed by atoms with Crippen LogP contribution < -0.4 is 11.3 Å². The normalized spacial score (nSPS) is 12.8. The Balaban J connectivity index is 2.87. The first-order chi connectivity index (χ1) is 6.13. The van der Waals surface area contributed by atoms with Gasteiger partial charge in [0.15, 0.2) is 0 Å². The molecule has 13 heavy (non-hydrogen) atoms.